The largest absolute Gasteiger partial charge is 0.411 e. The lowest BCUT2D eigenvalue weighted by Crippen LogP contribution is -2.41. The second-order valence-corrected chi connectivity index (χ2v) is 5.39. The molecule has 1 unspecified atom stereocenters. The van der Waals surface area contributed by atoms with Crippen LogP contribution in [0.2, 0.25) is 0 Å². The van der Waals surface area contributed by atoms with Crippen molar-refractivity contribution in [3.63, 3.8) is 0 Å². The van der Waals surface area contributed by atoms with Crippen molar-refractivity contribution in [3.05, 3.63) is 29.8 Å². The third kappa shape index (κ3) is 3.50. The summed E-state index contributed by atoms with van der Waals surface area (Å²) < 4.78 is 0. The normalized spacial score (nSPS) is 19.8. The van der Waals surface area contributed by atoms with Crippen molar-refractivity contribution in [2.75, 3.05) is 18.4 Å². The number of hydrogen-bond donors (Lipinski definition) is 2. The Labute approximate surface area is 119 Å². The van der Waals surface area contributed by atoms with Gasteiger partial charge in [-0.05, 0) is 37.8 Å². The van der Waals surface area contributed by atoms with E-state index < -0.39 is 0 Å². The number of nitrogens with zero attached hydrogens (tertiary/aromatic N) is 2. The molecule has 1 heterocycles. The second-order valence-electron chi connectivity index (χ2n) is 5.39. The maximum atomic E-state index is 12.2. The van der Waals surface area contributed by atoms with E-state index in [1.807, 2.05) is 23.1 Å². The Kier molecular flexibility index (Phi) is 4.61. The Hall–Kier alpha value is -2.04. The molecule has 0 aromatic heterocycles. The van der Waals surface area contributed by atoms with E-state index in [0.717, 1.165) is 25.1 Å². The number of hydrogen-bond acceptors (Lipinski definition) is 3. The number of nitrogens with one attached hydrogen (secondary N) is 1. The molecule has 20 heavy (non-hydrogen) atoms. The molecule has 108 valence electrons. The highest BCUT2D eigenvalue weighted by molar-refractivity contribution is 6.00. The summed E-state index contributed by atoms with van der Waals surface area (Å²) in [6.45, 7) is 5.50. The molecule has 0 spiro atoms. The number of piperidine rings is 1. The van der Waals surface area contributed by atoms with Crippen LogP contribution in [0.15, 0.2) is 29.4 Å². The summed E-state index contributed by atoms with van der Waals surface area (Å²) in [6.07, 6.45) is 2.25. The fourth-order valence-corrected chi connectivity index (χ4v) is 2.46. The van der Waals surface area contributed by atoms with Gasteiger partial charge in [0.15, 0.2) is 0 Å². The van der Waals surface area contributed by atoms with Gasteiger partial charge >= 0.3 is 6.03 Å². The SMILES string of the molecule is CC(=NO)c1cccc(NC(=O)N2CCCC(C)C2)c1. The number of amides is 2. The number of anilines is 1. The zero-order valence-electron chi connectivity index (χ0n) is 12.0. The number of carbonyl (C=O) groups is 1. The van der Waals surface area contributed by atoms with Crippen LogP contribution < -0.4 is 5.32 Å². The van der Waals surface area contributed by atoms with Crippen LogP contribution in [0, 0.1) is 5.92 Å². The van der Waals surface area contributed by atoms with Gasteiger partial charge in [-0.3, -0.25) is 0 Å². The van der Waals surface area contributed by atoms with Crippen molar-refractivity contribution >= 4 is 17.4 Å². The summed E-state index contributed by atoms with van der Waals surface area (Å²) in [5, 5.41) is 14.9. The number of urea groups is 1. The number of likely N-dealkylation sites (tertiary alicyclic amines) is 1. The van der Waals surface area contributed by atoms with E-state index in [-0.39, 0.29) is 6.03 Å². The van der Waals surface area contributed by atoms with E-state index in [9.17, 15) is 4.79 Å². The number of oxime groups is 1. The van der Waals surface area contributed by atoms with Gasteiger partial charge in [0.25, 0.3) is 0 Å². The molecule has 1 saturated heterocycles. The molecule has 1 aliphatic rings. The molecule has 0 saturated carbocycles. The maximum absolute atomic E-state index is 12.2. The lowest BCUT2D eigenvalue weighted by atomic mass is 10.0. The zero-order chi connectivity index (χ0) is 14.5. The predicted molar refractivity (Wildman–Crippen MR) is 79.4 cm³/mol. The van der Waals surface area contributed by atoms with Crippen LogP contribution >= 0.6 is 0 Å². The highest BCUT2D eigenvalue weighted by Gasteiger charge is 2.20. The van der Waals surface area contributed by atoms with E-state index in [1.54, 1.807) is 13.0 Å². The minimum atomic E-state index is -0.0627. The summed E-state index contributed by atoms with van der Waals surface area (Å²) in [4.78, 5) is 14.1. The highest BCUT2D eigenvalue weighted by atomic mass is 16.4. The van der Waals surface area contributed by atoms with Crippen molar-refractivity contribution in [1.29, 1.82) is 0 Å². The average Bonchev–Trinajstić information content (AvgIpc) is 2.46. The van der Waals surface area contributed by atoms with Crippen LogP contribution in [0.4, 0.5) is 10.5 Å². The molecule has 2 amide bonds. The van der Waals surface area contributed by atoms with Gasteiger partial charge in [-0.1, -0.05) is 24.2 Å². The first kappa shape index (κ1) is 14.4. The minimum Gasteiger partial charge on any atom is -0.411 e. The summed E-state index contributed by atoms with van der Waals surface area (Å²) in [7, 11) is 0. The van der Waals surface area contributed by atoms with Crippen LogP contribution in [0.3, 0.4) is 0 Å². The number of carbonyl (C=O) groups excluding carboxylic acids is 1. The van der Waals surface area contributed by atoms with Crippen molar-refractivity contribution < 1.29 is 10.0 Å². The molecule has 2 rings (SSSR count). The van der Waals surface area contributed by atoms with Crippen LogP contribution in [-0.4, -0.2) is 34.9 Å². The monoisotopic (exact) mass is 275 g/mol. The summed E-state index contributed by atoms with van der Waals surface area (Å²) in [6, 6.07) is 7.25. The smallest absolute Gasteiger partial charge is 0.321 e. The van der Waals surface area contributed by atoms with Gasteiger partial charge in [0.1, 0.15) is 0 Å². The fourth-order valence-electron chi connectivity index (χ4n) is 2.46. The standard InChI is InChI=1S/C15H21N3O2/c1-11-5-4-8-18(10-11)15(19)16-14-7-3-6-13(9-14)12(2)17-20/h3,6-7,9,11,20H,4-5,8,10H2,1-2H3,(H,16,19). The van der Waals surface area contributed by atoms with Gasteiger partial charge in [0.2, 0.25) is 0 Å². The van der Waals surface area contributed by atoms with E-state index >= 15 is 0 Å². The van der Waals surface area contributed by atoms with Gasteiger partial charge in [-0.25, -0.2) is 4.79 Å². The van der Waals surface area contributed by atoms with Crippen LogP contribution in [0.5, 0.6) is 0 Å². The molecule has 1 atom stereocenters. The topological polar surface area (TPSA) is 64.9 Å². The maximum Gasteiger partial charge on any atom is 0.321 e. The molecular weight excluding hydrogens is 254 g/mol. The molecule has 1 aliphatic heterocycles. The first-order valence-electron chi connectivity index (χ1n) is 6.95. The van der Waals surface area contributed by atoms with Gasteiger partial charge in [-0.2, -0.15) is 0 Å². The van der Waals surface area contributed by atoms with E-state index in [2.05, 4.69) is 17.4 Å². The molecule has 0 aliphatic carbocycles. The zero-order valence-corrected chi connectivity index (χ0v) is 12.0. The van der Waals surface area contributed by atoms with Crippen LogP contribution in [0.1, 0.15) is 32.3 Å². The minimum absolute atomic E-state index is 0.0627. The highest BCUT2D eigenvalue weighted by Crippen LogP contribution is 2.17. The van der Waals surface area contributed by atoms with Gasteiger partial charge in [0, 0.05) is 24.3 Å². The van der Waals surface area contributed by atoms with E-state index in [1.165, 1.54) is 6.42 Å². The number of benzene rings is 1. The molecule has 2 N–H and O–H groups in total. The third-order valence-corrected chi connectivity index (χ3v) is 3.63. The first-order chi connectivity index (χ1) is 9.60. The fraction of sp³-hybridized carbons (Fsp3) is 0.467. The summed E-state index contributed by atoms with van der Waals surface area (Å²) >= 11 is 0. The van der Waals surface area contributed by atoms with E-state index in [4.69, 9.17) is 5.21 Å². The average molecular weight is 275 g/mol. The van der Waals surface area contributed by atoms with Crippen molar-refractivity contribution in [2.45, 2.75) is 26.7 Å². The Morgan fingerprint density at radius 1 is 1.50 bits per heavy atom. The molecule has 0 bridgehead atoms. The molecule has 5 nitrogen and oxygen atoms in total. The molecule has 0 radical (unpaired) electrons. The Balaban J connectivity index is 2.04. The van der Waals surface area contributed by atoms with E-state index in [0.29, 0.717) is 17.3 Å². The molecular formula is C15H21N3O2. The van der Waals surface area contributed by atoms with Crippen molar-refractivity contribution in [1.82, 2.24) is 4.90 Å². The van der Waals surface area contributed by atoms with Gasteiger partial charge in [0.05, 0.1) is 5.71 Å². The quantitative estimate of drug-likeness (QED) is 0.494. The molecule has 1 aromatic carbocycles. The molecule has 1 fully saturated rings. The van der Waals surface area contributed by atoms with Crippen LogP contribution in [0.25, 0.3) is 0 Å². The van der Waals surface area contributed by atoms with Crippen molar-refractivity contribution in [3.8, 4) is 0 Å². The lowest BCUT2D eigenvalue weighted by molar-refractivity contribution is 0.182. The third-order valence-electron chi connectivity index (χ3n) is 3.63. The molecule has 5 heteroatoms. The molecule has 1 aromatic rings. The van der Waals surface area contributed by atoms with Crippen molar-refractivity contribution in [2.24, 2.45) is 11.1 Å². The lowest BCUT2D eigenvalue weighted by Gasteiger charge is -2.30. The summed E-state index contributed by atoms with van der Waals surface area (Å²) in [5.41, 5.74) is 2.03. The second kappa shape index (κ2) is 6.41. The Morgan fingerprint density at radius 3 is 3.00 bits per heavy atom. The summed E-state index contributed by atoms with van der Waals surface area (Å²) in [5.74, 6) is 0.560. The Morgan fingerprint density at radius 2 is 2.30 bits per heavy atom. The number of rotatable bonds is 2. The van der Waals surface area contributed by atoms with Gasteiger partial charge in [-0.15, -0.1) is 0 Å². The predicted octanol–water partition coefficient (Wildman–Crippen LogP) is 3.15. The first-order valence-corrected chi connectivity index (χ1v) is 6.95. The van der Waals surface area contributed by atoms with Crippen LogP contribution in [-0.2, 0) is 0 Å². The van der Waals surface area contributed by atoms with Gasteiger partial charge < -0.3 is 15.4 Å². The Bertz CT molecular complexity index is 514.